The Morgan fingerprint density at radius 2 is 2.12 bits per heavy atom. The van der Waals surface area contributed by atoms with E-state index in [1.54, 1.807) is 29.2 Å². The molecule has 4 rings (SSSR count). The summed E-state index contributed by atoms with van der Waals surface area (Å²) in [7, 11) is 0. The van der Waals surface area contributed by atoms with Crippen LogP contribution in [0.1, 0.15) is 34.9 Å². The van der Waals surface area contributed by atoms with Crippen LogP contribution in [0.5, 0.6) is 0 Å². The lowest BCUT2D eigenvalue weighted by atomic mass is 10.0. The van der Waals surface area contributed by atoms with Crippen LogP contribution in [0.2, 0.25) is 0 Å². The van der Waals surface area contributed by atoms with Crippen LogP contribution in [0.25, 0.3) is 11.5 Å². The lowest BCUT2D eigenvalue weighted by Gasteiger charge is -2.24. The van der Waals surface area contributed by atoms with E-state index in [9.17, 15) is 9.18 Å². The average molecular weight is 326 g/mol. The van der Waals surface area contributed by atoms with Crippen molar-refractivity contribution in [2.24, 2.45) is 0 Å². The largest absolute Gasteiger partial charge is 0.461 e. The van der Waals surface area contributed by atoms with Gasteiger partial charge in [-0.2, -0.15) is 0 Å². The van der Waals surface area contributed by atoms with Gasteiger partial charge < -0.3 is 13.8 Å². The van der Waals surface area contributed by atoms with Gasteiger partial charge in [-0.05, 0) is 42.7 Å². The van der Waals surface area contributed by atoms with Crippen LogP contribution in [0, 0.1) is 5.82 Å². The summed E-state index contributed by atoms with van der Waals surface area (Å²) in [6.07, 6.45) is 3.20. The molecule has 0 N–H and O–H groups in total. The third-order valence-electron chi connectivity index (χ3n) is 4.24. The van der Waals surface area contributed by atoms with E-state index >= 15 is 0 Å². The standard InChI is InChI=1S/C18H15FN2O3/c19-13-5-1-4-12(10-13)15-6-2-8-21(15)18(22)14-11-17(24-20-14)16-7-3-9-23-16/h1,3-5,7,9-11,15H,2,6,8H2/t15-/m1/s1. The number of aromatic nitrogens is 1. The van der Waals surface area contributed by atoms with E-state index in [0.717, 1.165) is 18.4 Å². The first-order chi connectivity index (χ1) is 11.7. The molecule has 3 heterocycles. The number of carbonyl (C=O) groups is 1. The Hall–Kier alpha value is -2.89. The maximum atomic E-state index is 13.5. The van der Waals surface area contributed by atoms with Crippen molar-refractivity contribution in [3.05, 3.63) is 65.8 Å². The Morgan fingerprint density at radius 1 is 1.21 bits per heavy atom. The molecule has 24 heavy (non-hydrogen) atoms. The molecule has 1 fully saturated rings. The van der Waals surface area contributed by atoms with Crippen LogP contribution in [0.15, 0.2) is 57.7 Å². The maximum absolute atomic E-state index is 13.5. The van der Waals surface area contributed by atoms with E-state index in [4.69, 9.17) is 8.94 Å². The molecule has 1 aliphatic rings. The van der Waals surface area contributed by atoms with Crippen molar-refractivity contribution in [3.63, 3.8) is 0 Å². The zero-order valence-corrected chi connectivity index (χ0v) is 12.8. The molecule has 0 aliphatic carbocycles. The number of carbonyl (C=O) groups excluding carboxylic acids is 1. The number of furan rings is 1. The summed E-state index contributed by atoms with van der Waals surface area (Å²) < 4.78 is 23.9. The number of benzene rings is 1. The number of amides is 1. The third-order valence-corrected chi connectivity index (χ3v) is 4.24. The fourth-order valence-corrected chi connectivity index (χ4v) is 3.13. The minimum absolute atomic E-state index is 0.142. The molecule has 122 valence electrons. The molecular formula is C18H15FN2O3. The van der Waals surface area contributed by atoms with E-state index in [2.05, 4.69) is 5.16 Å². The molecule has 1 saturated heterocycles. The minimum Gasteiger partial charge on any atom is -0.461 e. The predicted octanol–water partition coefficient (Wildman–Crippen LogP) is 4.05. The molecule has 1 amide bonds. The first-order valence-electron chi connectivity index (χ1n) is 7.79. The zero-order chi connectivity index (χ0) is 16.5. The van der Waals surface area contributed by atoms with Crippen LogP contribution in [-0.2, 0) is 0 Å². The Kier molecular flexibility index (Phi) is 3.65. The quantitative estimate of drug-likeness (QED) is 0.728. The van der Waals surface area contributed by atoms with Crippen molar-refractivity contribution in [2.45, 2.75) is 18.9 Å². The van der Waals surface area contributed by atoms with Crippen LogP contribution >= 0.6 is 0 Å². The average Bonchev–Trinajstić information content (AvgIpc) is 3.33. The second-order valence-electron chi connectivity index (χ2n) is 5.77. The van der Waals surface area contributed by atoms with Crippen LogP contribution < -0.4 is 0 Å². The number of hydrogen-bond acceptors (Lipinski definition) is 4. The topological polar surface area (TPSA) is 59.5 Å². The molecule has 0 bridgehead atoms. The van der Waals surface area contributed by atoms with Crippen molar-refractivity contribution in [1.29, 1.82) is 0 Å². The highest BCUT2D eigenvalue weighted by Gasteiger charge is 2.32. The van der Waals surface area contributed by atoms with Gasteiger partial charge in [-0.25, -0.2) is 4.39 Å². The van der Waals surface area contributed by atoms with Gasteiger partial charge >= 0.3 is 0 Å². The van der Waals surface area contributed by atoms with Gasteiger partial charge in [-0.15, -0.1) is 0 Å². The first-order valence-corrected chi connectivity index (χ1v) is 7.79. The summed E-state index contributed by atoms with van der Waals surface area (Å²) in [5, 5.41) is 3.86. The molecule has 0 spiro atoms. The number of likely N-dealkylation sites (tertiary alicyclic amines) is 1. The molecule has 2 aromatic heterocycles. The van der Waals surface area contributed by atoms with Crippen molar-refractivity contribution in [2.75, 3.05) is 6.54 Å². The fraction of sp³-hybridized carbons (Fsp3) is 0.222. The lowest BCUT2D eigenvalue weighted by Crippen LogP contribution is -2.30. The Morgan fingerprint density at radius 3 is 2.92 bits per heavy atom. The van der Waals surface area contributed by atoms with Crippen molar-refractivity contribution >= 4 is 5.91 Å². The van der Waals surface area contributed by atoms with E-state index in [1.807, 2.05) is 6.07 Å². The van der Waals surface area contributed by atoms with Gasteiger partial charge in [0.15, 0.2) is 11.5 Å². The van der Waals surface area contributed by atoms with E-state index < -0.39 is 0 Å². The third kappa shape index (κ3) is 2.60. The van der Waals surface area contributed by atoms with E-state index in [-0.39, 0.29) is 23.5 Å². The Balaban J connectivity index is 1.59. The number of hydrogen-bond donors (Lipinski definition) is 0. The number of nitrogens with zero attached hydrogens (tertiary/aromatic N) is 2. The maximum Gasteiger partial charge on any atom is 0.276 e. The summed E-state index contributed by atoms with van der Waals surface area (Å²) in [4.78, 5) is 14.5. The molecule has 3 aromatic rings. The molecule has 0 saturated carbocycles. The van der Waals surface area contributed by atoms with Gasteiger partial charge in [0.2, 0.25) is 5.76 Å². The summed E-state index contributed by atoms with van der Waals surface area (Å²) in [6, 6.07) is 11.3. The van der Waals surface area contributed by atoms with E-state index in [0.29, 0.717) is 18.1 Å². The second kappa shape index (κ2) is 5.96. The number of rotatable bonds is 3. The summed E-state index contributed by atoms with van der Waals surface area (Å²) in [6.45, 7) is 0.614. The van der Waals surface area contributed by atoms with Crippen LogP contribution in [0.3, 0.4) is 0 Å². The van der Waals surface area contributed by atoms with Crippen molar-refractivity contribution < 1.29 is 18.1 Å². The SMILES string of the molecule is O=C(c1cc(-c2ccco2)on1)N1CCC[C@@H]1c1cccc(F)c1. The van der Waals surface area contributed by atoms with Crippen molar-refractivity contribution in [1.82, 2.24) is 10.1 Å². The highest BCUT2D eigenvalue weighted by Crippen LogP contribution is 2.33. The molecule has 1 atom stereocenters. The highest BCUT2D eigenvalue weighted by molar-refractivity contribution is 5.93. The van der Waals surface area contributed by atoms with Gasteiger partial charge in [-0.3, -0.25) is 4.79 Å². The number of halogens is 1. The molecule has 0 radical (unpaired) electrons. The van der Waals surface area contributed by atoms with Gasteiger partial charge in [0.25, 0.3) is 5.91 Å². The Bertz CT molecular complexity index is 857. The Labute approximate surface area is 137 Å². The first kappa shape index (κ1) is 14.7. The molecule has 1 aromatic carbocycles. The monoisotopic (exact) mass is 326 g/mol. The molecule has 5 nitrogen and oxygen atoms in total. The van der Waals surface area contributed by atoms with Crippen LogP contribution in [-0.4, -0.2) is 22.5 Å². The van der Waals surface area contributed by atoms with Crippen LogP contribution in [0.4, 0.5) is 4.39 Å². The summed E-state index contributed by atoms with van der Waals surface area (Å²) in [5.74, 6) is 0.408. The molecule has 6 heteroatoms. The molecular weight excluding hydrogens is 311 g/mol. The van der Waals surface area contributed by atoms with Crippen molar-refractivity contribution in [3.8, 4) is 11.5 Å². The van der Waals surface area contributed by atoms with Gasteiger partial charge in [0.05, 0.1) is 12.3 Å². The predicted molar refractivity (Wildman–Crippen MR) is 83.6 cm³/mol. The fourth-order valence-electron chi connectivity index (χ4n) is 3.13. The highest BCUT2D eigenvalue weighted by atomic mass is 19.1. The summed E-state index contributed by atoms with van der Waals surface area (Å²) >= 11 is 0. The second-order valence-corrected chi connectivity index (χ2v) is 5.77. The van der Waals surface area contributed by atoms with E-state index in [1.165, 1.54) is 18.4 Å². The minimum atomic E-state index is -0.298. The molecule has 0 unspecified atom stereocenters. The van der Waals surface area contributed by atoms with Gasteiger partial charge in [0.1, 0.15) is 5.82 Å². The lowest BCUT2D eigenvalue weighted by molar-refractivity contribution is 0.0725. The molecule has 1 aliphatic heterocycles. The van der Waals surface area contributed by atoms with Gasteiger partial charge in [0, 0.05) is 12.6 Å². The zero-order valence-electron chi connectivity index (χ0n) is 12.8. The normalized spacial score (nSPS) is 17.4. The van der Waals surface area contributed by atoms with Gasteiger partial charge in [-0.1, -0.05) is 17.3 Å². The summed E-state index contributed by atoms with van der Waals surface area (Å²) in [5.41, 5.74) is 1.03. The smallest absolute Gasteiger partial charge is 0.276 e.